The average molecular weight is 250 g/mol. The summed E-state index contributed by atoms with van der Waals surface area (Å²) in [5.41, 5.74) is -0.0301. The second kappa shape index (κ2) is 4.69. The van der Waals surface area contributed by atoms with Crippen molar-refractivity contribution in [3.05, 3.63) is 34.4 Å². The van der Waals surface area contributed by atoms with Crippen LogP contribution in [0.15, 0.2) is 24.3 Å². The van der Waals surface area contributed by atoms with Gasteiger partial charge in [-0.15, -0.1) is 0 Å². The fourth-order valence-corrected chi connectivity index (χ4v) is 1.52. The van der Waals surface area contributed by atoms with Crippen molar-refractivity contribution < 1.29 is 4.76 Å². The first-order valence-electron chi connectivity index (χ1n) is 6.08. The smallest absolute Gasteiger partial charge is 0.258 e. The molecule has 1 rings (SSSR count). The van der Waals surface area contributed by atoms with E-state index in [9.17, 15) is 10.1 Å². The molecule has 4 nitrogen and oxygen atoms in total. The molecule has 0 atom stereocenters. The second-order valence-corrected chi connectivity index (χ2v) is 6.45. The monoisotopic (exact) mass is 250 g/mol. The van der Waals surface area contributed by atoms with Crippen molar-refractivity contribution in [2.45, 2.75) is 52.6 Å². The Labute approximate surface area is 109 Å². The third kappa shape index (κ3) is 3.29. The zero-order chi connectivity index (χ0) is 14.1. The maximum absolute atomic E-state index is 12.1. The highest BCUT2D eigenvalue weighted by atomic mass is 16.5. The van der Waals surface area contributed by atoms with Crippen LogP contribution in [0.4, 0.5) is 11.4 Å². The van der Waals surface area contributed by atoms with E-state index < -0.39 is 11.1 Å². The standard InChI is InChI=1S/C14H22N2O2/c1-13(2,3)15(17)11-8-7-9-12(10-11)16(18)14(4,5)6/h7-10H,1-6H3. The molecule has 0 N–H and O–H groups in total. The highest BCUT2D eigenvalue weighted by Crippen LogP contribution is 2.28. The van der Waals surface area contributed by atoms with Gasteiger partial charge >= 0.3 is 0 Å². The van der Waals surface area contributed by atoms with E-state index in [-0.39, 0.29) is 0 Å². The van der Waals surface area contributed by atoms with Gasteiger partial charge in [0.15, 0.2) is 0 Å². The van der Waals surface area contributed by atoms with E-state index in [0.717, 1.165) is 9.82 Å². The largest absolute Gasteiger partial charge is 0.758 e. The molecule has 0 aliphatic rings. The highest BCUT2D eigenvalue weighted by Gasteiger charge is 2.31. The number of hydroxylamine groups is 1. The minimum Gasteiger partial charge on any atom is -0.758 e. The molecule has 100 valence electrons. The van der Waals surface area contributed by atoms with Gasteiger partial charge in [0.25, 0.3) is 5.69 Å². The molecule has 1 aromatic rings. The summed E-state index contributed by atoms with van der Waals surface area (Å²) in [7, 11) is 0. The molecule has 0 fully saturated rings. The lowest BCUT2D eigenvalue weighted by molar-refractivity contribution is -0.540. The first-order valence-corrected chi connectivity index (χ1v) is 6.08. The number of rotatable bonds is 2. The van der Waals surface area contributed by atoms with E-state index >= 15 is 0 Å². The van der Waals surface area contributed by atoms with Gasteiger partial charge in [-0.3, -0.25) is 0 Å². The molecule has 0 heterocycles. The van der Waals surface area contributed by atoms with E-state index in [4.69, 9.17) is 0 Å². The molecular formula is C14H22N2O2. The van der Waals surface area contributed by atoms with Gasteiger partial charge in [0.05, 0.1) is 0 Å². The van der Waals surface area contributed by atoms with Gasteiger partial charge in [-0.2, -0.15) is 0 Å². The van der Waals surface area contributed by atoms with Crippen LogP contribution in [-0.2, 0) is 0 Å². The van der Waals surface area contributed by atoms with Crippen LogP contribution >= 0.6 is 0 Å². The number of hydrogen-bond donors (Lipinski definition) is 0. The maximum Gasteiger partial charge on any atom is 0.258 e. The summed E-state index contributed by atoms with van der Waals surface area (Å²) in [6, 6.07) is 6.81. The molecule has 18 heavy (non-hydrogen) atoms. The van der Waals surface area contributed by atoms with Crippen LogP contribution in [0, 0.1) is 10.1 Å². The number of benzene rings is 1. The number of anilines is 1. The van der Waals surface area contributed by atoms with Gasteiger partial charge < -0.3 is 10.3 Å². The van der Waals surface area contributed by atoms with Gasteiger partial charge in [-0.25, -0.2) is 0 Å². The molecule has 0 saturated carbocycles. The topological polar surface area (TPSA) is 46.4 Å². The molecule has 0 unspecified atom stereocenters. The second-order valence-electron chi connectivity index (χ2n) is 6.45. The van der Waals surface area contributed by atoms with Crippen molar-refractivity contribution >= 4 is 11.4 Å². The Bertz CT molecular complexity index is 442. The zero-order valence-corrected chi connectivity index (χ0v) is 12.0. The quantitative estimate of drug-likeness (QED) is 0.588. The number of hydrogen-bond acceptors (Lipinski definition) is 3. The van der Waals surface area contributed by atoms with E-state index in [1.807, 2.05) is 41.5 Å². The van der Waals surface area contributed by atoms with E-state index in [0.29, 0.717) is 11.4 Å². The first kappa shape index (κ1) is 14.6. The van der Waals surface area contributed by atoms with Crippen molar-refractivity contribution in [2.24, 2.45) is 0 Å². The van der Waals surface area contributed by atoms with Gasteiger partial charge in [-0.05, 0) is 26.8 Å². The molecule has 0 amide bonds. The van der Waals surface area contributed by atoms with Crippen LogP contribution in [0.3, 0.4) is 0 Å². The summed E-state index contributed by atoms with van der Waals surface area (Å²) in [5, 5.41) is 13.0. The summed E-state index contributed by atoms with van der Waals surface area (Å²) >= 11 is 0. The third-order valence-corrected chi connectivity index (χ3v) is 2.52. The summed E-state index contributed by atoms with van der Waals surface area (Å²) in [6.45, 7) is 11.0. The predicted molar refractivity (Wildman–Crippen MR) is 75.1 cm³/mol. The van der Waals surface area contributed by atoms with Gasteiger partial charge in [-0.1, -0.05) is 6.07 Å². The Morgan fingerprint density at radius 3 is 2.11 bits per heavy atom. The first-order chi connectivity index (χ1) is 8.03. The fraction of sp³-hybridized carbons (Fsp3) is 0.571. The van der Waals surface area contributed by atoms with E-state index in [2.05, 4.69) is 0 Å². The van der Waals surface area contributed by atoms with Crippen molar-refractivity contribution in [1.82, 2.24) is 0 Å². The Kier molecular flexibility index (Phi) is 3.81. The molecular weight excluding hydrogens is 228 g/mol. The minimum atomic E-state index is -0.520. The SMILES string of the molecule is CC(C)(C)N([O-])c1cccc([N+](=O)C(C)(C)C)c1. The lowest BCUT2D eigenvalue weighted by Crippen LogP contribution is -2.36. The molecule has 0 radical (unpaired) electrons. The van der Waals surface area contributed by atoms with Crippen LogP contribution in [0.5, 0.6) is 0 Å². The van der Waals surface area contributed by atoms with Crippen LogP contribution < -0.4 is 5.06 Å². The summed E-state index contributed by atoms with van der Waals surface area (Å²) < 4.78 is 0.924. The Hall–Kier alpha value is -1.42. The van der Waals surface area contributed by atoms with Gasteiger partial charge in [0.2, 0.25) is 5.54 Å². The molecule has 0 aromatic heterocycles. The Morgan fingerprint density at radius 2 is 1.67 bits per heavy atom. The van der Waals surface area contributed by atoms with Crippen LogP contribution in [-0.4, -0.2) is 15.8 Å². The lowest BCUT2D eigenvalue weighted by atomic mass is 10.1. The molecule has 0 aliphatic heterocycles. The van der Waals surface area contributed by atoms with Crippen molar-refractivity contribution in [2.75, 3.05) is 5.06 Å². The minimum absolute atomic E-state index is 0.505. The third-order valence-electron chi connectivity index (χ3n) is 2.52. The molecule has 0 saturated heterocycles. The number of nitrogens with zero attached hydrogens (tertiary/aromatic N) is 2. The Balaban J connectivity index is 3.11. The molecule has 0 aliphatic carbocycles. The van der Waals surface area contributed by atoms with Gasteiger partial charge in [0.1, 0.15) is 0 Å². The normalized spacial score (nSPS) is 12.4. The molecule has 0 bridgehead atoms. The highest BCUT2D eigenvalue weighted by molar-refractivity contribution is 5.55. The summed E-state index contributed by atoms with van der Waals surface area (Å²) in [4.78, 5) is 12.1. The predicted octanol–water partition coefficient (Wildman–Crippen LogP) is 4.00. The summed E-state index contributed by atoms with van der Waals surface area (Å²) in [5.74, 6) is 0. The van der Waals surface area contributed by atoms with Crippen LogP contribution in [0.1, 0.15) is 41.5 Å². The van der Waals surface area contributed by atoms with Gasteiger partial charge in [0, 0.05) is 53.8 Å². The lowest BCUT2D eigenvalue weighted by Gasteiger charge is -2.43. The zero-order valence-electron chi connectivity index (χ0n) is 12.0. The van der Waals surface area contributed by atoms with E-state index in [1.54, 1.807) is 24.3 Å². The van der Waals surface area contributed by atoms with Crippen molar-refractivity contribution in [3.8, 4) is 0 Å². The van der Waals surface area contributed by atoms with Crippen molar-refractivity contribution in [1.29, 1.82) is 0 Å². The van der Waals surface area contributed by atoms with Crippen molar-refractivity contribution in [3.63, 3.8) is 0 Å². The summed E-state index contributed by atoms with van der Waals surface area (Å²) in [6.07, 6.45) is 0. The molecule has 0 spiro atoms. The van der Waals surface area contributed by atoms with E-state index in [1.165, 1.54) is 0 Å². The maximum atomic E-state index is 12.1. The number of nitroso groups, excluding NO2 is 1. The Morgan fingerprint density at radius 1 is 1.11 bits per heavy atom. The molecule has 1 aromatic carbocycles. The van der Waals surface area contributed by atoms with Crippen LogP contribution in [0.25, 0.3) is 0 Å². The fourth-order valence-electron chi connectivity index (χ4n) is 1.52. The average Bonchev–Trinajstić information content (AvgIpc) is 2.24. The molecule has 4 heteroatoms. The van der Waals surface area contributed by atoms with Crippen LogP contribution in [0.2, 0.25) is 0 Å².